The van der Waals surface area contributed by atoms with E-state index in [1.165, 1.54) is 4.68 Å². The molecule has 0 saturated heterocycles. The molecule has 0 bridgehead atoms. The minimum absolute atomic E-state index is 0.144. The highest BCUT2D eigenvalue weighted by Gasteiger charge is 2.15. The summed E-state index contributed by atoms with van der Waals surface area (Å²) in [6.07, 6.45) is 0. The second-order valence-electron chi connectivity index (χ2n) is 5.61. The van der Waals surface area contributed by atoms with Crippen molar-refractivity contribution in [3.8, 4) is 11.4 Å². The van der Waals surface area contributed by atoms with E-state index in [2.05, 4.69) is 31.0 Å². The molecule has 0 fully saturated rings. The van der Waals surface area contributed by atoms with Gasteiger partial charge in [0.15, 0.2) is 11.5 Å². The third kappa shape index (κ3) is 2.71. The molecule has 0 saturated carbocycles. The Morgan fingerprint density at radius 1 is 1.12 bits per heavy atom. The molecule has 0 spiro atoms. The average molecular weight is 347 g/mol. The van der Waals surface area contributed by atoms with Gasteiger partial charge in [0, 0.05) is 23.7 Å². The van der Waals surface area contributed by atoms with E-state index in [1.54, 1.807) is 49.5 Å². The number of hydrogen-bond acceptors (Lipinski definition) is 6. The maximum absolute atomic E-state index is 12.7. The Balaban J connectivity index is 1.69. The Labute approximate surface area is 146 Å². The van der Waals surface area contributed by atoms with Crippen molar-refractivity contribution in [3.05, 3.63) is 64.6 Å². The Morgan fingerprint density at radius 2 is 1.92 bits per heavy atom. The predicted molar refractivity (Wildman–Crippen MR) is 94.6 cm³/mol. The number of aryl methyl sites for hydroxylation is 1. The molecule has 0 unspecified atom stereocenters. The summed E-state index contributed by atoms with van der Waals surface area (Å²) in [6.45, 7) is 0. The van der Waals surface area contributed by atoms with Crippen LogP contribution in [0.15, 0.2) is 53.3 Å². The lowest BCUT2D eigenvalue weighted by atomic mass is 10.1. The summed E-state index contributed by atoms with van der Waals surface area (Å²) >= 11 is 0. The average Bonchev–Trinajstić information content (AvgIpc) is 3.08. The molecule has 1 amide bonds. The third-order valence-electron chi connectivity index (χ3n) is 3.91. The van der Waals surface area contributed by atoms with Crippen LogP contribution in [0.3, 0.4) is 0 Å². The van der Waals surface area contributed by atoms with Crippen molar-refractivity contribution >= 4 is 22.4 Å². The van der Waals surface area contributed by atoms with Gasteiger partial charge in [-0.2, -0.15) is 5.10 Å². The van der Waals surface area contributed by atoms with Gasteiger partial charge in [-0.25, -0.2) is 9.78 Å². The van der Waals surface area contributed by atoms with E-state index in [-0.39, 0.29) is 11.3 Å². The Morgan fingerprint density at radius 3 is 2.69 bits per heavy atom. The molecule has 4 aromatic rings. The third-order valence-corrected chi connectivity index (χ3v) is 3.91. The zero-order valence-electron chi connectivity index (χ0n) is 13.7. The van der Waals surface area contributed by atoms with Crippen molar-refractivity contribution in [1.29, 1.82) is 0 Å². The van der Waals surface area contributed by atoms with Crippen molar-refractivity contribution in [3.63, 3.8) is 0 Å². The molecule has 2 heterocycles. The van der Waals surface area contributed by atoms with Gasteiger partial charge >= 0.3 is 0 Å². The Bertz CT molecular complexity index is 1180. The molecule has 2 N–H and O–H groups in total. The second kappa shape index (κ2) is 6.20. The van der Waals surface area contributed by atoms with Gasteiger partial charge in [0.1, 0.15) is 0 Å². The first kappa shape index (κ1) is 15.6. The van der Waals surface area contributed by atoms with E-state index in [0.717, 1.165) is 5.56 Å². The van der Waals surface area contributed by atoms with Crippen molar-refractivity contribution in [2.45, 2.75) is 0 Å². The fourth-order valence-electron chi connectivity index (χ4n) is 2.69. The Hall–Kier alpha value is -3.88. The van der Waals surface area contributed by atoms with Gasteiger partial charge in [-0.05, 0) is 28.6 Å². The number of benzene rings is 2. The molecule has 0 atom stereocenters. The van der Waals surface area contributed by atoms with Gasteiger partial charge in [0.25, 0.3) is 11.5 Å². The highest BCUT2D eigenvalue weighted by molar-refractivity contribution is 6.11. The largest absolute Gasteiger partial charge is 0.321 e. The number of aromatic nitrogens is 6. The number of carbonyl (C=O) groups is 1. The number of fused-ring (bicyclic) bond motifs is 1. The maximum Gasteiger partial charge on any atom is 0.276 e. The predicted octanol–water partition coefficient (Wildman–Crippen LogP) is 1.37. The number of carbonyl (C=O) groups excluding carboxylic acids is 1. The van der Waals surface area contributed by atoms with Crippen LogP contribution in [0.4, 0.5) is 5.69 Å². The van der Waals surface area contributed by atoms with Gasteiger partial charge in [0.2, 0.25) is 0 Å². The van der Waals surface area contributed by atoms with Crippen molar-refractivity contribution < 1.29 is 4.79 Å². The molecule has 128 valence electrons. The lowest BCUT2D eigenvalue weighted by Crippen LogP contribution is -2.19. The van der Waals surface area contributed by atoms with Crippen LogP contribution in [-0.4, -0.2) is 36.3 Å². The lowest BCUT2D eigenvalue weighted by molar-refractivity contribution is 0.102. The van der Waals surface area contributed by atoms with E-state index in [4.69, 9.17) is 0 Å². The first-order valence-corrected chi connectivity index (χ1v) is 7.75. The summed E-state index contributed by atoms with van der Waals surface area (Å²) in [7, 11) is 1.73. The monoisotopic (exact) mass is 347 g/mol. The van der Waals surface area contributed by atoms with Crippen LogP contribution in [-0.2, 0) is 7.05 Å². The quantitative estimate of drug-likeness (QED) is 0.578. The number of tetrazole rings is 1. The Kier molecular flexibility index (Phi) is 3.73. The molecule has 26 heavy (non-hydrogen) atoms. The molecule has 0 aliphatic rings. The number of rotatable bonds is 3. The van der Waals surface area contributed by atoms with Gasteiger partial charge in [0.05, 0.1) is 5.39 Å². The molecule has 9 nitrogen and oxygen atoms in total. The highest BCUT2D eigenvalue weighted by atomic mass is 16.2. The molecule has 0 aliphatic carbocycles. The van der Waals surface area contributed by atoms with Gasteiger partial charge in [-0.3, -0.25) is 9.59 Å². The van der Waals surface area contributed by atoms with Crippen LogP contribution in [0.1, 0.15) is 10.5 Å². The van der Waals surface area contributed by atoms with E-state index < -0.39 is 5.91 Å². The first-order valence-electron chi connectivity index (χ1n) is 7.75. The molecule has 9 heteroatoms. The number of hydrogen-bond donors (Lipinski definition) is 2. The number of anilines is 1. The number of nitrogens with zero attached hydrogens (tertiary/aromatic N) is 5. The van der Waals surface area contributed by atoms with Gasteiger partial charge in [-0.1, -0.05) is 30.3 Å². The van der Waals surface area contributed by atoms with Crippen LogP contribution in [0, 0.1) is 0 Å². The van der Waals surface area contributed by atoms with Crippen LogP contribution in [0.2, 0.25) is 0 Å². The van der Waals surface area contributed by atoms with Crippen molar-refractivity contribution in [2.24, 2.45) is 7.05 Å². The highest BCUT2D eigenvalue weighted by Crippen LogP contribution is 2.20. The maximum atomic E-state index is 12.7. The molecule has 4 rings (SSSR count). The number of amides is 1. The molecular formula is C17H13N7O2. The molecule has 0 radical (unpaired) electrons. The normalized spacial score (nSPS) is 10.8. The summed E-state index contributed by atoms with van der Waals surface area (Å²) in [4.78, 5) is 24.5. The topological polar surface area (TPSA) is 118 Å². The number of nitrogens with one attached hydrogen (secondary N) is 2. The van der Waals surface area contributed by atoms with Gasteiger partial charge < -0.3 is 5.32 Å². The second-order valence-corrected chi connectivity index (χ2v) is 5.61. The zero-order chi connectivity index (χ0) is 18.1. The standard InChI is InChI=1S/C17H13N7O2/c1-24-15(20-22-23-24)10-5-4-6-11(9-10)18-17(26)14-12-7-2-3-8-13(12)16(25)21-19-14/h2-9H,1H3,(H,18,26)(H,21,25). The SMILES string of the molecule is Cn1nnnc1-c1cccc(NC(=O)c2n[nH]c(=O)c3ccccc23)c1. The minimum Gasteiger partial charge on any atom is -0.321 e. The first-order chi connectivity index (χ1) is 12.6. The lowest BCUT2D eigenvalue weighted by Gasteiger charge is -2.08. The number of H-pyrrole nitrogens is 1. The van der Waals surface area contributed by atoms with Crippen LogP contribution >= 0.6 is 0 Å². The van der Waals surface area contributed by atoms with E-state index in [1.807, 2.05) is 6.07 Å². The summed E-state index contributed by atoms with van der Waals surface area (Å²) in [5.74, 6) is 0.152. The van der Waals surface area contributed by atoms with Gasteiger partial charge in [-0.15, -0.1) is 5.10 Å². The van der Waals surface area contributed by atoms with Crippen LogP contribution < -0.4 is 10.9 Å². The summed E-state index contributed by atoms with van der Waals surface area (Å²) in [5.41, 5.74) is 1.13. The smallest absolute Gasteiger partial charge is 0.276 e. The fraction of sp³-hybridized carbons (Fsp3) is 0.0588. The fourth-order valence-corrected chi connectivity index (χ4v) is 2.69. The summed E-state index contributed by atoms with van der Waals surface area (Å²) in [5, 5.41) is 21.3. The van der Waals surface area contributed by atoms with Crippen LogP contribution in [0.5, 0.6) is 0 Å². The molecule has 2 aromatic carbocycles. The summed E-state index contributed by atoms with van der Waals surface area (Å²) < 4.78 is 1.54. The van der Waals surface area contributed by atoms with E-state index in [9.17, 15) is 9.59 Å². The van der Waals surface area contributed by atoms with E-state index in [0.29, 0.717) is 22.3 Å². The zero-order valence-corrected chi connectivity index (χ0v) is 13.7. The molecule has 2 aromatic heterocycles. The van der Waals surface area contributed by atoms with Crippen molar-refractivity contribution in [2.75, 3.05) is 5.32 Å². The minimum atomic E-state index is -0.425. The van der Waals surface area contributed by atoms with Crippen molar-refractivity contribution in [1.82, 2.24) is 30.4 Å². The molecule has 0 aliphatic heterocycles. The summed E-state index contributed by atoms with van der Waals surface area (Å²) in [6, 6.07) is 14.0. The van der Waals surface area contributed by atoms with E-state index >= 15 is 0 Å². The van der Waals surface area contributed by atoms with Crippen LogP contribution in [0.25, 0.3) is 22.2 Å². The molecular weight excluding hydrogens is 334 g/mol. The number of aromatic amines is 1.